The lowest BCUT2D eigenvalue weighted by atomic mass is 10.1. The van der Waals surface area contributed by atoms with Crippen LogP contribution in [0.4, 0.5) is 0 Å². The molecular formula is C13H24N2O4. The first kappa shape index (κ1) is 17.4. The first-order chi connectivity index (χ1) is 9.04. The van der Waals surface area contributed by atoms with Crippen molar-refractivity contribution >= 4 is 17.8 Å². The summed E-state index contributed by atoms with van der Waals surface area (Å²) in [4.78, 5) is 33.8. The molecule has 6 nitrogen and oxygen atoms in total. The van der Waals surface area contributed by atoms with E-state index in [-0.39, 0.29) is 11.8 Å². The monoisotopic (exact) mass is 272 g/mol. The van der Waals surface area contributed by atoms with Crippen molar-refractivity contribution in [1.29, 1.82) is 0 Å². The highest BCUT2D eigenvalue weighted by Crippen LogP contribution is 2.03. The van der Waals surface area contributed by atoms with E-state index in [0.717, 1.165) is 12.8 Å². The number of rotatable bonds is 9. The Balaban J connectivity index is 3.96. The number of carbonyl (C=O) groups excluding carboxylic acids is 3. The average molecular weight is 272 g/mol. The van der Waals surface area contributed by atoms with Crippen LogP contribution in [-0.2, 0) is 19.1 Å². The average Bonchev–Trinajstić information content (AvgIpc) is 2.43. The predicted octanol–water partition coefficient (Wildman–Crippen LogP) is 0.751. The largest absolute Gasteiger partial charge is 0.467 e. The SMILES string of the molecule is CCC(=O)NCCCCC(NC(=O)CC)C(=O)OC. The van der Waals surface area contributed by atoms with Gasteiger partial charge >= 0.3 is 5.97 Å². The Morgan fingerprint density at radius 2 is 1.68 bits per heavy atom. The fraction of sp³-hybridized carbons (Fsp3) is 0.769. The minimum absolute atomic E-state index is 0.0174. The van der Waals surface area contributed by atoms with E-state index in [1.165, 1.54) is 7.11 Å². The standard InChI is InChI=1S/C13H24N2O4/c1-4-11(16)14-9-7-6-8-10(13(18)19-3)15-12(17)5-2/h10H,4-9H2,1-3H3,(H,14,16)(H,15,17). The lowest BCUT2D eigenvalue weighted by molar-refractivity contribution is -0.145. The minimum Gasteiger partial charge on any atom is -0.467 e. The normalized spacial score (nSPS) is 11.5. The lowest BCUT2D eigenvalue weighted by Crippen LogP contribution is -2.41. The van der Waals surface area contributed by atoms with Crippen LogP contribution in [0.1, 0.15) is 46.0 Å². The topological polar surface area (TPSA) is 84.5 Å². The number of unbranched alkanes of at least 4 members (excludes halogenated alkanes) is 1. The first-order valence-electron chi connectivity index (χ1n) is 6.69. The van der Waals surface area contributed by atoms with Crippen molar-refractivity contribution in [3.63, 3.8) is 0 Å². The summed E-state index contributed by atoms with van der Waals surface area (Å²) in [5.74, 6) is -0.585. The molecule has 0 aliphatic rings. The quantitative estimate of drug-likeness (QED) is 0.479. The number of methoxy groups -OCH3 is 1. The molecule has 0 aromatic carbocycles. The Labute approximate surface area is 114 Å². The second-order valence-corrected chi connectivity index (χ2v) is 4.20. The summed E-state index contributed by atoms with van der Waals surface area (Å²) < 4.78 is 4.65. The Bertz CT molecular complexity index is 305. The van der Waals surface area contributed by atoms with Crippen molar-refractivity contribution in [2.24, 2.45) is 0 Å². The van der Waals surface area contributed by atoms with Crippen LogP contribution >= 0.6 is 0 Å². The van der Waals surface area contributed by atoms with Crippen LogP contribution in [0.5, 0.6) is 0 Å². The molecule has 110 valence electrons. The van der Waals surface area contributed by atoms with Gasteiger partial charge in [0, 0.05) is 19.4 Å². The zero-order valence-corrected chi connectivity index (χ0v) is 12.0. The van der Waals surface area contributed by atoms with Gasteiger partial charge in [0.15, 0.2) is 0 Å². The van der Waals surface area contributed by atoms with Gasteiger partial charge < -0.3 is 15.4 Å². The van der Waals surface area contributed by atoms with Crippen molar-refractivity contribution in [3.05, 3.63) is 0 Å². The van der Waals surface area contributed by atoms with Crippen molar-refractivity contribution in [2.75, 3.05) is 13.7 Å². The number of amides is 2. The maximum atomic E-state index is 11.5. The molecule has 0 saturated carbocycles. The maximum Gasteiger partial charge on any atom is 0.328 e. The van der Waals surface area contributed by atoms with Gasteiger partial charge in [0.25, 0.3) is 0 Å². The highest BCUT2D eigenvalue weighted by molar-refractivity contribution is 5.84. The van der Waals surface area contributed by atoms with Gasteiger partial charge in [-0.3, -0.25) is 9.59 Å². The summed E-state index contributed by atoms with van der Waals surface area (Å²) in [6, 6.07) is -0.598. The van der Waals surface area contributed by atoms with Gasteiger partial charge in [-0.25, -0.2) is 4.79 Å². The fourth-order valence-corrected chi connectivity index (χ4v) is 1.51. The Hall–Kier alpha value is -1.59. The van der Waals surface area contributed by atoms with Gasteiger partial charge in [0.1, 0.15) is 6.04 Å². The molecule has 1 unspecified atom stereocenters. The zero-order valence-electron chi connectivity index (χ0n) is 12.0. The summed E-state index contributed by atoms with van der Waals surface area (Å²) in [7, 11) is 1.30. The van der Waals surface area contributed by atoms with E-state index in [1.807, 2.05) is 0 Å². The second-order valence-electron chi connectivity index (χ2n) is 4.20. The molecule has 0 aliphatic carbocycles. The highest BCUT2D eigenvalue weighted by Gasteiger charge is 2.19. The van der Waals surface area contributed by atoms with Crippen LogP contribution in [-0.4, -0.2) is 37.5 Å². The number of ether oxygens (including phenoxy) is 1. The van der Waals surface area contributed by atoms with Gasteiger partial charge in [-0.2, -0.15) is 0 Å². The number of hydrogen-bond acceptors (Lipinski definition) is 4. The third-order valence-corrected chi connectivity index (χ3v) is 2.70. The van der Waals surface area contributed by atoms with Gasteiger partial charge in [-0.1, -0.05) is 13.8 Å². The Morgan fingerprint density at radius 1 is 1.05 bits per heavy atom. The fourth-order valence-electron chi connectivity index (χ4n) is 1.51. The van der Waals surface area contributed by atoms with E-state index in [9.17, 15) is 14.4 Å². The highest BCUT2D eigenvalue weighted by atomic mass is 16.5. The molecule has 0 aromatic heterocycles. The molecule has 1 atom stereocenters. The van der Waals surface area contributed by atoms with Gasteiger partial charge in [-0.15, -0.1) is 0 Å². The third kappa shape index (κ3) is 8.18. The molecule has 0 radical (unpaired) electrons. The number of hydrogen-bond donors (Lipinski definition) is 2. The van der Waals surface area contributed by atoms with Gasteiger partial charge in [-0.05, 0) is 19.3 Å². The number of esters is 1. The maximum absolute atomic E-state index is 11.5. The molecule has 2 N–H and O–H groups in total. The van der Waals surface area contributed by atoms with E-state index in [0.29, 0.717) is 25.8 Å². The first-order valence-corrected chi connectivity index (χ1v) is 6.69. The summed E-state index contributed by atoms with van der Waals surface area (Å²) in [6.07, 6.45) is 2.81. The molecule has 0 aliphatic heterocycles. The van der Waals surface area contributed by atoms with Crippen LogP contribution in [0.25, 0.3) is 0 Å². The van der Waals surface area contributed by atoms with Crippen LogP contribution in [0.2, 0.25) is 0 Å². The van der Waals surface area contributed by atoms with Crippen molar-refractivity contribution in [1.82, 2.24) is 10.6 Å². The molecule has 0 spiro atoms. The summed E-state index contributed by atoms with van der Waals surface area (Å²) >= 11 is 0. The van der Waals surface area contributed by atoms with E-state index in [2.05, 4.69) is 15.4 Å². The molecule has 0 heterocycles. The molecule has 0 aromatic rings. The summed E-state index contributed by atoms with van der Waals surface area (Å²) in [6.45, 7) is 4.11. The predicted molar refractivity (Wildman–Crippen MR) is 71.4 cm³/mol. The van der Waals surface area contributed by atoms with Crippen molar-refractivity contribution in [3.8, 4) is 0 Å². The van der Waals surface area contributed by atoms with Gasteiger partial charge in [0.2, 0.25) is 11.8 Å². The summed E-state index contributed by atoms with van der Waals surface area (Å²) in [5, 5.41) is 5.39. The smallest absolute Gasteiger partial charge is 0.328 e. The molecule has 0 rings (SSSR count). The molecule has 0 saturated heterocycles. The Kier molecular flexibility index (Phi) is 9.48. The van der Waals surface area contributed by atoms with Crippen LogP contribution < -0.4 is 10.6 Å². The number of carbonyl (C=O) groups is 3. The summed E-state index contributed by atoms with van der Waals surface area (Å²) in [5.41, 5.74) is 0. The molecule has 2 amide bonds. The van der Waals surface area contributed by atoms with E-state index >= 15 is 0 Å². The molecule has 6 heteroatoms. The van der Waals surface area contributed by atoms with Gasteiger partial charge in [0.05, 0.1) is 7.11 Å². The zero-order chi connectivity index (χ0) is 14.7. The van der Waals surface area contributed by atoms with Crippen molar-refractivity contribution in [2.45, 2.75) is 52.0 Å². The van der Waals surface area contributed by atoms with E-state index < -0.39 is 12.0 Å². The van der Waals surface area contributed by atoms with Crippen molar-refractivity contribution < 1.29 is 19.1 Å². The van der Waals surface area contributed by atoms with E-state index in [4.69, 9.17) is 0 Å². The Morgan fingerprint density at radius 3 is 2.21 bits per heavy atom. The van der Waals surface area contributed by atoms with Crippen LogP contribution in [0, 0.1) is 0 Å². The van der Waals surface area contributed by atoms with Crippen LogP contribution in [0.15, 0.2) is 0 Å². The third-order valence-electron chi connectivity index (χ3n) is 2.70. The van der Waals surface area contributed by atoms with E-state index in [1.54, 1.807) is 13.8 Å². The second kappa shape index (κ2) is 10.3. The molecule has 0 bridgehead atoms. The van der Waals surface area contributed by atoms with Crippen LogP contribution in [0.3, 0.4) is 0 Å². The minimum atomic E-state index is -0.598. The molecular weight excluding hydrogens is 248 g/mol. The number of nitrogens with one attached hydrogen (secondary N) is 2. The lowest BCUT2D eigenvalue weighted by Gasteiger charge is -2.16. The molecule has 0 fully saturated rings. The molecule has 19 heavy (non-hydrogen) atoms.